The lowest BCUT2D eigenvalue weighted by Gasteiger charge is -2.11. The molecule has 3 rings (SSSR count). The minimum atomic E-state index is 0.469. The first kappa shape index (κ1) is 13.4. The van der Waals surface area contributed by atoms with Gasteiger partial charge in [-0.2, -0.15) is 4.98 Å². The molecule has 0 saturated heterocycles. The third kappa shape index (κ3) is 2.31. The van der Waals surface area contributed by atoms with Crippen LogP contribution in [0.15, 0.2) is 30.3 Å². The van der Waals surface area contributed by atoms with Gasteiger partial charge in [-0.15, -0.1) is 0 Å². The van der Waals surface area contributed by atoms with E-state index in [1.54, 1.807) is 14.2 Å². The fraction of sp³-hybridized carbons (Fsp3) is 0.250. The van der Waals surface area contributed by atoms with Crippen LogP contribution < -0.4 is 9.47 Å². The van der Waals surface area contributed by atoms with Crippen LogP contribution >= 0.6 is 0 Å². The van der Waals surface area contributed by atoms with Gasteiger partial charge in [-0.25, -0.2) is 4.98 Å². The molecule has 0 unspecified atom stereocenters. The van der Waals surface area contributed by atoms with E-state index in [1.165, 1.54) is 0 Å². The number of ether oxygens (including phenoxy) is 2. The first-order chi connectivity index (χ1) is 10.3. The molecule has 0 aliphatic heterocycles. The van der Waals surface area contributed by atoms with Crippen molar-refractivity contribution in [3.05, 3.63) is 35.9 Å². The van der Waals surface area contributed by atoms with E-state index < -0.39 is 0 Å². The second kappa shape index (κ2) is 5.44. The molecule has 1 N–H and O–H groups in total. The van der Waals surface area contributed by atoms with Gasteiger partial charge in [0.05, 0.1) is 25.4 Å². The molecule has 1 aromatic carbocycles. The van der Waals surface area contributed by atoms with Gasteiger partial charge in [0.25, 0.3) is 6.01 Å². The number of aromatic nitrogens is 3. The van der Waals surface area contributed by atoms with Crippen LogP contribution in [-0.4, -0.2) is 29.2 Å². The fourth-order valence-corrected chi connectivity index (χ4v) is 2.40. The number of hydrogen-bond donors (Lipinski definition) is 1. The highest BCUT2D eigenvalue weighted by Gasteiger charge is 2.14. The van der Waals surface area contributed by atoms with Crippen LogP contribution in [0.3, 0.4) is 0 Å². The van der Waals surface area contributed by atoms with Crippen LogP contribution in [0.1, 0.15) is 12.5 Å². The Morgan fingerprint density at radius 1 is 1.10 bits per heavy atom. The maximum absolute atomic E-state index is 5.44. The number of aryl methyl sites for hydroxylation is 1. The molecule has 5 nitrogen and oxygen atoms in total. The zero-order valence-corrected chi connectivity index (χ0v) is 12.3. The number of methoxy groups -OCH3 is 2. The number of hydrogen-bond acceptors (Lipinski definition) is 4. The van der Waals surface area contributed by atoms with E-state index in [2.05, 4.69) is 23.0 Å². The lowest BCUT2D eigenvalue weighted by molar-refractivity contribution is 0.386. The molecular weight excluding hydrogens is 266 g/mol. The van der Waals surface area contributed by atoms with Gasteiger partial charge in [-0.1, -0.05) is 19.1 Å². The Balaban J connectivity index is 2.25. The maximum atomic E-state index is 5.44. The number of nitrogens with one attached hydrogen (secondary N) is 1. The number of nitrogens with zero attached hydrogens (tertiary/aromatic N) is 2. The minimum absolute atomic E-state index is 0.469. The molecule has 5 heteroatoms. The van der Waals surface area contributed by atoms with Gasteiger partial charge in [0.15, 0.2) is 5.65 Å². The maximum Gasteiger partial charge on any atom is 0.295 e. The van der Waals surface area contributed by atoms with E-state index in [1.807, 2.05) is 24.3 Å². The topological polar surface area (TPSA) is 60.0 Å². The first-order valence-electron chi connectivity index (χ1n) is 6.83. The monoisotopic (exact) mass is 283 g/mol. The third-order valence-corrected chi connectivity index (χ3v) is 3.47. The number of pyridine rings is 1. The van der Waals surface area contributed by atoms with Crippen molar-refractivity contribution < 1.29 is 9.47 Å². The molecule has 108 valence electrons. The van der Waals surface area contributed by atoms with Crippen LogP contribution in [0, 0.1) is 0 Å². The molecule has 0 amide bonds. The Hall–Kier alpha value is -2.56. The zero-order chi connectivity index (χ0) is 14.8. The summed E-state index contributed by atoms with van der Waals surface area (Å²) in [5.41, 5.74) is 4.53. The van der Waals surface area contributed by atoms with Crippen LogP contribution in [0.4, 0.5) is 0 Å². The third-order valence-electron chi connectivity index (χ3n) is 3.47. The molecule has 0 radical (unpaired) electrons. The molecule has 21 heavy (non-hydrogen) atoms. The van der Waals surface area contributed by atoms with Crippen LogP contribution in [0.5, 0.6) is 11.8 Å². The highest BCUT2D eigenvalue weighted by Crippen LogP contribution is 2.32. The van der Waals surface area contributed by atoms with E-state index in [9.17, 15) is 0 Å². The fourth-order valence-electron chi connectivity index (χ4n) is 2.40. The van der Waals surface area contributed by atoms with Crippen molar-refractivity contribution >= 4 is 11.2 Å². The summed E-state index contributed by atoms with van der Waals surface area (Å²) in [7, 11) is 3.25. The number of benzene rings is 1. The highest BCUT2D eigenvalue weighted by atomic mass is 16.5. The average molecular weight is 283 g/mol. The molecule has 3 aromatic rings. The molecule has 0 bridgehead atoms. The van der Waals surface area contributed by atoms with Crippen molar-refractivity contribution in [2.75, 3.05) is 14.2 Å². The summed E-state index contributed by atoms with van der Waals surface area (Å²) in [5, 5.41) is 0. The zero-order valence-electron chi connectivity index (χ0n) is 12.3. The van der Waals surface area contributed by atoms with Crippen LogP contribution in [-0.2, 0) is 6.42 Å². The number of fused-ring (bicyclic) bond motifs is 1. The van der Waals surface area contributed by atoms with Gasteiger partial charge in [-0.05, 0) is 30.2 Å². The van der Waals surface area contributed by atoms with Gasteiger partial charge >= 0.3 is 0 Å². The average Bonchev–Trinajstić information content (AvgIpc) is 2.95. The van der Waals surface area contributed by atoms with Crippen molar-refractivity contribution in [3.63, 3.8) is 0 Å². The molecule has 0 saturated carbocycles. The number of rotatable bonds is 4. The van der Waals surface area contributed by atoms with E-state index in [0.29, 0.717) is 11.7 Å². The molecule has 0 aliphatic rings. The molecular formula is C16H17N3O2. The van der Waals surface area contributed by atoms with Crippen molar-refractivity contribution in [3.8, 4) is 23.0 Å². The Morgan fingerprint density at radius 3 is 2.62 bits per heavy atom. The number of imidazole rings is 1. The summed E-state index contributed by atoms with van der Waals surface area (Å²) < 4.78 is 10.6. The summed E-state index contributed by atoms with van der Waals surface area (Å²) in [5.74, 6) is 0.807. The first-order valence-corrected chi connectivity index (χ1v) is 6.83. The van der Waals surface area contributed by atoms with E-state index in [4.69, 9.17) is 14.5 Å². The predicted octanol–water partition coefficient (Wildman–Crippen LogP) is 3.20. The summed E-state index contributed by atoms with van der Waals surface area (Å²) >= 11 is 0. The molecule has 0 spiro atoms. The van der Waals surface area contributed by atoms with Gasteiger partial charge in [-0.3, -0.25) is 0 Å². The lowest BCUT2D eigenvalue weighted by atomic mass is 10.0. The standard InChI is InChI=1S/C16H17N3O2/c1-4-10-9-12-15(19-16(17-12)21-3)18-14(10)11-7-5-6-8-13(11)20-2/h5-9H,4H2,1-3H3,(H,17,18,19). The Kier molecular flexibility index (Phi) is 3.48. The number of para-hydroxylation sites is 1. The van der Waals surface area contributed by atoms with E-state index in [-0.39, 0.29) is 0 Å². The quantitative estimate of drug-likeness (QED) is 0.798. The number of aromatic amines is 1. The van der Waals surface area contributed by atoms with Crippen molar-refractivity contribution in [2.24, 2.45) is 0 Å². The second-order valence-electron chi connectivity index (χ2n) is 4.67. The summed E-state index contributed by atoms with van der Waals surface area (Å²) in [4.78, 5) is 12.1. The normalized spacial score (nSPS) is 10.8. The van der Waals surface area contributed by atoms with Gasteiger partial charge < -0.3 is 14.5 Å². The van der Waals surface area contributed by atoms with Crippen molar-refractivity contribution in [1.82, 2.24) is 15.0 Å². The van der Waals surface area contributed by atoms with Crippen LogP contribution in [0.2, 0.25) is 0 Å². The van der Waals surface area contributed by atoms with Gasteiger partial charge in [0, 0.05) is 5.56 Å². The van der Waals surface area contributed by atoms with Gasteiger partial charge in [0.1, 0.15) is 5.75 Å². The Labute approximate surface area is 123 Å². The molecule has 0 atom stereocenters. The SMILES string of the molecule is CCc1cc2[nH]c(OC)nc2nc1-c1ccccc1OC. The summed E-state index contributed by atoms with van der Waals surface area (Å²) in [6, 6.07) is 10.4. The van der Waals surface area contributed by atoms with Crippen molar-refractivity contribution in [2.45, 2.75) is 13.3 Å². The second-order valence-corrected chi connectivity index (χ2v) is 4.67. The van der Waals surface area contributed by atoms with Crippen LogP contribution in [0.25, 0.3) is 22.4 Å². The summed E-state index contributed by atoms with van der Waals surface area (Å²) in [6.07, 6.45) is 0.873. The molecule has 0 fully saturated rings. The Morgan fingerprint density at radius 2 is 1.90 bits per heavy atom. The molecule has 2 heterocycles. The largest absolute Gasteiger partial charge is 0.496 e. The minimum Gasteiger partial charge on any atom is -0.496 e. The smallest absolute Gasteiger partial charge is 0.295 e. The number of H-pyrrole nitrogens is 1. The summed E-state index contributed by atoms with van der Waals surface area (Å²) in [6.45, 7) is 2.11. The molecule has 0 aliphatic carbocycles. The highest BCUT2D eigenvalue weighted by molar-refractivity contribution is 5.80. The molecule has 2 aromatic heterocycles. The lowest BCUT2D eigenvalue weighted by Crippen LogP contribution is -1.95. The van der Waals surface area contributed by atoms with Crippen molar-refractivity contribution in [1.29, 1.82) is 0 Å². The van der Waals surface area contributed by atoms with E-state index >= 15 is 0 Å². The van der Waals surface area contributed by atoms with Gasteiger partial charge in [0.2, 0.25) is 0 Å². The van der Waals surface area contributed by atoms with E-state index in [0.717, 1.165) is 34.5 Å². The predicted molar refractivity (Wildman–Crippen MR) is 81.8 cm³/mol. The Bertz CT molecular complexity index is 780.